The maximum absolute atomic E-state index is 12.3. The number of hydrogen-bond acceptors (Lipinski definition) is 3. The van der Waals surface area contributed by atoms with Gasteiger partial charge in [-0.15, -0.1) is 0 Å². The fourth-order valence-electron chi connectivity index (χ4n) is 2.12. The maximum atomic E-state index is 12.3. The summed E-state index contributed by atoms with van der Waals surface area (Å²) in [4.78, 5) is 12.3. The Morgan fingerprint density at radius 1 is 1.53 bits per heavy atom. The van der Waals surface area contributed by atoms with Gasteiger partial charge >= 0.3 is 0 Å². The number of amides is 1. The van der Waals surface area contributed by atoms with Crippen LogP contribution in [0.25, 0.3) is 0 Å². The number of hydrogen-bond donors (Lipinski definition) is 2. The quantitative estimate of drug-likeness (QED) is 0.890. The Labute approximate surface area is 118 Å². The summed E-state index contributed by atoms with van der Waals surface area (Å²) in [6.07, 6.45) is 0. The molecule has 1 fully saturated rings. The molecule has 5 heteroatoms. The molecule has 3 N–H and O–H groups in total. The average Bonchev–Trinajstić information content (AvgIpc) is 2.71. The number of carbonyl (C=O) groups excluding carboxylic acids is 1. The summed E-state index contributed by atoms with van der Waals surface area (Å²) in [5.74, 6) is -0.0695. The SMILES string of the molecule is CC(NC(=O)C1(C)COCC1N)c1ccc(Cl)cc1. The molecule has 19 heavy (non-hydrogen) atoms. The third-order valence-electron chi connectivity index (χ3n) is 3.75. The fraction of sp³-hybridized carbons (Fsp3) is 0.500. The van der Waals surface area contributed by atoms with Gasteiger partial charge in [0.15, 0.2) is 0 Å². The Morgan fingerprint density at radius 3 is 2.68 bits per heavy atom. The van der Waals surface area contributed by atoms with Crippen molar-refractivity contribution in [2.24, 2.45) is 11.1 Å². The smallest absolute Gasteiger partial charge is 0.230 e. The molecule has 1 aliphatic rings. The minimum absolute atomic E-state index is 0.0695. The molecular weight excluding hydrogens is 264 g/mol. The van der Waals surface area contributed by atoms with Crippen molar-refractivity contribution in [2.45, 2.75) is 25.9 Å². The summed E-state index contributed by atoms with van der Waals surface area (Å²) in [7, 11) is 0. The summed E-state index contributed by atoms with van der Waals surface area (Å²) in [5, 5.41) is 3.67. The molecule has 3 unspecified atom stereocenters. The molecule has 0 bridgehead atoms. The number of nitrogens with two attached hydrogens (primary N) is 1. The first-order chi connectivity index (χ1) is 8.93. The highest BCUT2D eigenvalue weighted by molar-refractivity contribution is 6.30. The second kappa shape index (κ2) is 5.49. The molecule has 2 rings (SSSR count). The van der Waals surface area contributed by atoms with Gasteiger partial charge < -0.3 is 15.8 Å². The summed E-state index contributed by atoms with van der Waals surface area (Å²) >= 11 is 5.85. The van der Waals surface area contributed by atoms with E-state index in [4.69, 9.17) is 22.1 Å². The third kappa shape index (κ3) is 2.91. The van der Waals surface area contributed by atoms with Crippen LogP contribution >= 0.6 is 11.6 Å². The molecule has 1 saturated heterocycles. The number of ether oxygens (including phenoxy) is 1. The van der Waals surface area contributed by atoms with E-state index in [0.717, 1.165) is 5.56 Å². The van der Waals surface area contributed by atoms with Crippen LogP contribution in [0.4, 0.5) is 0 Å². The summed E-state index contributed by atoms with van der Waals surface area (Å²) in [6.45, 7) is 4.58. The maximum Gasteiger partial charge on any atom is 0.230 e. The molecule has 1 aromatic carbocycles. The van der Waals surface area contributed by atoms with Crippen LogP contribution in [-0.4, -0.2) is 25.2 Å². The van der Waals surface area contributed by atoms with Gasteiger partial charge in [-0.05, 0) is 31.5 Å². The van der Waals surface area contributed by atoms with Crippen LogP contribution in [0.15, 0.2) is 24.3 Å². The lowest BCUT2D eigenvalue weighted by molar-refractivity contribution is -0.131. The highest BCUT2D eigenvalue weighted by Gasteiger charge is 2.44. The van der Waals surface area contributed by atoms with E-state index in [-0.39, 0.29) is 18.0 Å². The average molecular weight is 283 g/mol. The standard InChI is InChI=1S/C14H19ClN2O2/c1-9(10-3-5-11(15)6-4-10)17-13(18)14(2)8-19-7-12(14)16/h3-6,9,12H,7-8,16H2,1-2H3,(H,17,18). The Bertz CT molecular complexity index is 463. The van der Waals surface area contributed by atoms with Crippen molar-refractivity contribution < 1.29 is 9.53 Å². The van der Waals surface area contributed by atoms with E-state index in [1.165, 1.54) is 0 Å². The van der Waals surface area contributed by atoms with E-state index in [0.29, 0.717) is 18.2 Å². The summed E-state index contributed by atoms with van der Waals surface area (Å²) in [5.41, 5.74) is 6.30. The van der Waals surface area contributed by atoms with Crippen LogP contribution in [0, 0.1) is 5.41 Å². The molecule has 0 saturated carbocycles. The number of rotatable bonds is 3. The van der Waals surface area contributed by atoms with Crippen molar-refractivity contribution in [3.05, 3.63) is 34.9 Å². The van der Waals surface area contributed by atoms with E-state index in [1.54, 1.807) is 0 Å². The van der Waals surface area contributed by atoms with Gasteiger partial charge in [0.2, 0.25) is 5.91 Å². The zero-order chi connectivity index (χ0) is 14.0. The van der Waals surface area contributed by atoms with Gasteiger partial charge in [-0.1, -0.05) is 23.7 Å². The molecule has 3 atom stereocenters. The first kappa shape index (κ1) is 14.3. The predicted molar refractivity (Wildman–Crippen MR) is 74.9 cm³/mol. The lowest BCUT2D eigenvalue weighted by Gasteiger charge is -2.27. The zero-order valence-electron chi connectivity index (χ0n) is 11.2. The summed E-state index contributed by atoms with van der Waals surface area (Å²) < 4.78 is 5.29. The molecule has 0 spiro atoms. The Morgan fingerprint density at radius 2 is 2.16 bits per heavy atom. The molecule has 0 aliphatic carbocycles. The van der Waals surface area contributed by atoms with Crippen molar-refractivity contribution in [1.82, 2.24) is 5.32 Å². The van der Waals surface area contributed by atoms with Crippen molar-refractivity contribution in [1.29, 1.82) is 0 Å². The monoisotopic (exact) mass is 282 g/mol. The van der Waals surface area contributed by atoms with Gasteiger partial charge in [-0.25, -0.2) is 0 Å². The third-order valence-corrected chi connectivity index (χ3v) is 4.01. The Balaban J connectivity index is 2.04. The zero-order valence-corrected chi connectivity index (χ0v) is 11.9. The largest absolute Gasteiger partial charge is 0.379 e. The first-order valence-corrected chi connectivity index (χ1v) is 6.71. The van der Waals surface area contributed by atoms with E-state index in [1.807, 2.05) is 38.1 Å². The van der Waals surface area contributed by atoms with Crippen LogP contribution in [0.1, 0.15) is 25.5 Å². The van der Waals surface area contributed by atoms with Crippen LogP contribution in [0.5, 0.6) is 0 Å². The minimum atomic E-state index is -0.652. The number of benzene rings is 1. The Kier molecular flexibility index (Phi) is 4.13. The van der Waals surface area contributed by atoms with Crippen LogP contribution in [0.2, 0.25) is 5.02 Å². The van der Waals surface area contributed by atoms with Crippen molar-refractivity contribution >= 4 is 17.5 Å². The lowest BCUT2D eigenvalue weighted by atomic mass is 9.84. The highest BCUT2D eigenvalue weighted by Crippen LogP contribution is 2.28. The Hall–Kier alpha value is -1.10. The van der Waals surface area contributed by atoms with Crippen molar-refractivity contribution in [2.75, 3.05) is 13.2 Å². The molecule has 1 heterocycles. The van der Waals surface area contributed by atoms with E-state index < -0.39 is 5.41 Å². The molecular formula is C14H19ClN2O2. The van der Waals surface area contributed by atoms with Gasteiger partial charge in [0.25, 0.3) is 0 Å². The van der Waals surface area contributed by atoms with Crippen LogP contribution < -0.4 is 11.1 Å². The second-order valence-electron chi connectivity index (χ2n) is 5.29. The molecule has 1 aromatic rings. The van der Waals surface area contributed by atoms with Gasteiger partial charge in [0, 0.05) is 11.1 Å². The molecule has 104 valence electrons. The first-order valence-electron chi connectivity index (χ1n) is 6.33. The van der Waals surface area contributed by atoms with E-state index >= 15 is 0 Å². The topological polar surface area (TPSA) is 64.3 Å². The second-order valence-corrected chi connectivity index (χ2v) is 5.72. The molecule has 0 aromatic heterocycles. The number of carbonyl (C=O) groups is 1. The van der Waals surface area contributed by atoms with Crippen LogP contribution in [-0.2, 0) is 9.53 Å². The lowest BCUT2D eigenvalue weighted by Crippen LogP contribution is -2.50. The van der Waals surface area contributed by atoms with Crippen molar-refractivity contribution in [3.63, 3.8) is 0 Å². The van der Waals surface area contributed by atoms with E-state index in [9.17, 15) is 4.79 Å². The summed E-state index contributed by atoms with van der Waals surface area (Å²) in [6, 6.07) is 7.08. The van der Waals surface area contributed by atoms with Gasteiger partial charge in [-0.2, -0.15) is 0 Å². The predicted octanol–water partition coefficient (Wildman–Crippen LogP) is 1.88. The molecule has 1 amide bonds. The minimum Gasteiger partial charge on any atom is -0.379 e. The molecule has 4 nitrogen and oxygen atoms in total. The normalized spacial score (nSPS) is 28.1. The number of halogens is 1. The van der Waals surface area contributed by atoms with Gasteiger partial charge in [0.05, 0.1) is 24.7 Å². The van der Waals surface area contributed by atoms with Gasteiger partial charge in [0.1, 0.15) is 0 Å². The van der Waals surface area contributed by atoms with Crippen LogP contribution in [0.3, 0.4) is 0 Å². The van der Waals surface area contributed by atoms with E-state index in [2.05, 4.69) is 5.32 Å². The highest BCUT2D eigenvalue weighted by atomic mass is 35.5. The van der Waals surface area contributed by atoms with Crippen molar-refractivity contribution in [3.8, 4) is 0 Å². The number of nitrogens with one attached hydrogen (secondary N) is 1. The van der Waals surface area contributed by atoms with Gasteiger partial charge in [-0.3, -0.25) is 4.79 Å². The molecule has 0 radical (unpaired) electrons. The fourth-order valence-corrected chi connectivity index (χ4v) is 2.25. The molecule has 1 aliphatic heterocycles.